The van der Waals surface area contributed by atoms with E-state index in [2.05, 4.69) is 27.4 Å². The lowest BCUT2D eigenvalue weighted by Gasteiger charge is -2.37. The highest BCUT2D eigenvalue weighted by Gasteiger charge is 2.47. The number of carboxylic acid groups (broad SMARTS) is 1. The van der Waals surface area contributed by atoms with Crippen LogP contribution < -0.4 is 5.48 Å². The first-order valence-electron chi connectivity index (χ1n) is 10.8. The fourth-order valence-electron chi connectivity index (χ4n) is 4.64. The van der Waals surface area contributed by atoms with E-state index in [0.29, 0.717) is 11.5 Å². The van der Waals surface area contributed by atoms with Gasteiger partial charge < -0.3 is 10.0 Å². The van der Waals surface area contributed by atoms with Crippen LogP contribution in [0.15, 0.2) is 54.6 Å². The predicted molar refractivity (Wildman–Crippen MR) is 117 cm³/mol. The molecule has 2 aromatic carbocycles. The molecular formula is C24H29N3O4. The average molecular weight is 424 g/mol. The van der Waals surface area contributed by atoms with Crippen LogP contribution >= 0.6 is 0 Å². The maximum absolute atomic E-state index is 12.0. The molecule has 7 nitrogen and oxygen atoms in total. The number of likely N-dealkylation sites (tertiary alicyclic amines) is 1. The summed E-state index contributed by atoms with van der Waals surface area (Å²) in [5.41, 5.74) is 5.24. The van der Waals surface area contributed by atoms with Gasteiger partial charge in [-0.15, -0.1) is 0 Å². The maximum Gasteiger partial charge on any atom is 0.407 e. The van der Waals surface area contributed by atoms with Crippen LogP contribution in [0.2, 0.25) is 0 Å². The second-order valence-electron chi connectivity index (χ2n) is 8.35. The van der Waals surface area contributed by atoms with Crippen molar-refractivity contribution in [3.05, 3.63) is 71.3 Å². The number of nitrogens with one attached hydrogen (secondary N) is 1. The third kappa shape index (κ3) is 5.06. The van der Waals surface area contributed by atoms with Crippen LogP contribution in [0.1, 0.15) is 46.7 Å². The molecule has 2 atom stereocenters. The molecule has 0 unspecified atom stereocenters. The van der Waals surface area contributed by atoms with Gasteiger partial charge in [-0.1, -0.05) is 42.5 Å². The van der Waals surface area contributed by atoms with Gasteiger partial charge in [0.25, 0.3) is 5.91 Å². The normalized spacial score (nSPS) is 21.5. The van der Waals surface area contributed by atoms with Crippen molar-refractivity contribution in [2.24, 2.45) is 0 Å². The predicted octanol–water partition coefficient (Wildman–Crippen LogP) is 3.48. The molecule has 0 aromatic heterocycles. The van der Waals surface area contributed by atoms with E-state index in [9.17, 15) is 14.7 Å². The molecule has 4 rings (SSSR count). The largest absolute Gasteiger partial charge is 0.465 e. The van der Waals surface area contributed by atoms with Gasteiger partial charge in [-0.3, -0.25) is 14.5 Å². The minimum atomic E-state index is -0.799. The number of piperidine rings is 1. The van der Waals surface area contributed by atoms with E-state index in [1.165, 1.54) is 12.7 Å². The molecule has 1 heterocycles. The number of carbonyl (C=O) groups excluding carboxylic acids is 1. The summed E-state index contributed by atoms with van der Waals surface area (Å²) in [6, 6.07) is 17.9. The number of nitrogens with zero attached hydrogens (tertiary/aromatic N) is 2. The van der Waals surface area contributed by atoms with Crippen LogP contribution in [0.5, 0.6) is 0 Å². The molecule has 1 aliphatic heterocycles. The number of hydrogen-bond acceptors (Lipinski definition) is 4. The van der Waals surface area contributed by atoms with Gasteiger partial charge in [0, 0.05) is 43.2 Å². The van der Waals surface area contributed by atoms with Crippen LogP contribution in [-0.4, -0.2) is 59.2 Å². The summed E-state index contributed by atoms with van der Waals surface area (Å²) in [6.07, 6.45) is 1.81. The monoisotopic (exact) mass is 423 g/mol. The molecule has 2 fully saturated rings. The molecule has 0 spiro atoms. The standard InChI is InChI=1S/C24H29N3O4/c1-31-25-23(28)19-9-7-17(8-10-19)16-26-13-11-20(12-14-26)27(24(29)30)22-15-21(22)18-5-3-2-4-6-18/h2-10,20-22H,11-16H2,1H3,(H,25,28)(H,29,30)/t21-,22+/m0/s1. The van der Waals surface area contributed by atoms with Crippen LogP contribution in [0.25, 0.3) is 0 Å². The van der Waals surface area contributed by atoms with Gasteiger partial charge in [-0.2, -0.15) is 0 Å². The summed E-state index contributed by atoms with van der Waals surface area (Å²) in [5.74, 6) is 0.0571. The number of amides is 2. The summed E-state index contributed by atoms with van der Waals surface area (Å²) < 4.78 is 0. The lowest BCUT2D eigenvalue weighted by Crippen LogP contribution is -2.48. The van der Waals surface area contributed by atoms with E-state index in [0.717, 1.165) is 44.5 Å². The summed E-state index contributed by atoms with van der Waals surface area (Å²) in [5, 5.41) is 9.88. The Morgan fingerprint density at radius 3 is 2.39 bits per heavy atom. The molecule has 2 aromatic rings. The Kier molecular flexibility index (Phi) is 6.53. The molecular weight excluding hydrogens is 394 g/mol. The Morgan fingerprint density at radius 2 is 1.77 bits per heavy atom. The Bertz CT molecular complexity index is 895. The lowest BCUT2D eigenvalue weighted by atomic mass is 10.0. The molecule has 1 aliphatic carbocycles. The van der Waals surface area contributed by atoms with Crippen molar-refractivity contribution in [1.29, 1.82) is 0 Å². The minimum absolute atomic E-state index is 0.0765. The first-order chi connectivity index (χ1) is 15.1. The number of benzene rings is 2. The molecule has 1 saturated heterocycles. The molecule has 1 saturated carbocycles. The molecule has 0 bridgehead atoms. The second-order valence-corrected chi connectivity index (χ2v) is 8.35. The van der Waals surface area contributed by atoms with Crippen LogP contribution in [0.3, 0.4) is 0 Å². The third-order valence-electron chi connectivity index (χ3n) is 6.33. The van der Waals surface area contributed by atoms with E-state index in [1.807, 2.05) is 30.3 Å². The van der Waals surface area contributed by atoms with Gasteiger partial charge in [0.2, 0.25) is 0 Å². The van der Waals surface area contributed by atoms with Gasteiger partial charge in [-0.05, 0) is 42.5 Å². The number of carbonyl (C=O) groups is 2. The van der Waals surface area contributed by atoms with Crippen molar-refractivity contribution in [1.82, 2.24) is 15.3 Å². The van der Waals surface area contributed by atoms with Crippen molar-refractivity contribution < 1.29 is 19.5 Å². The van der Waals surface area contributed by atoms with Crippen LogP contribution in [0, 0.1) is 0 Å². The first kappa shape index (κ1) is 21.3. The zero-order valence-electron chi connectivity index (χ0n) is 17.7. The van der Waals surface area contributed by atoms with Crippen molar-refractivity contribution in [3.63, 3.8) is 0 Å². The van der Waals surface area contributed by atoms with Crippen molar-refractivity contribution in [2.75, 3.05) is 20.2 Å². The van der Waals surface area contributed by atoms with Crippen molar-refractivity contribution in [2.45, 2.75) is 43.8 Å². The highest BCUT2D eigenvalue weighted by molar-refractivity contribution is 5.93. The highest BCUT2D eigenvalue weighted by Crippen LogP contribution is 2.46. The van der Waals surface area contributed by atoms with Crippen molar-refractivity contribution >= 4 is 12.0 Å². The van der Waals surface area contributed by atoms with Crippen LogP contribution in [-0.2, 0) is 11.4 Å². The fraction of sp³-hybridized carbons (Fsp3) is 0.417. The van der Waals surface area contributed by atoms with E-state index in [4.69, 9.17) is 0 Å². The topological polar surface area (TPSA) is 82.1 Å². The summed E-state index contributed by atoms with van der Waals surface area (Å²) >= 11 is 0. The number of hydrogen-bond donors (Lipinski definition) is 2. The Labute approximate surface area is 182 Å². The fourth-order valence-corrected chi connectivity index (χ4v) is 4.64. The van der Waals surface area contributed by atoms with E-state index < -0.39 is 6.09 Å². The van der Waals surface area contributed by atoms with E-state index in [1.54, 1.807) is 17.0 Å². The molecule has 7 heteroatoms. The Hall–Kier alpha value is -2.90. The summed E-state index contributed by atoms with van der Waals surface area (Å²) in [4.78, 5) is 32.5. The van der Waals surface area contributed by atoms with Gasteiger partial charge >= 0.3 is 6.09 Å². The second kappa shape index (κ2) is 9.49. The highest BCUT2D eigenvalue weighted by atomic mass is 16.6. The molecule has 0 radical (unpaired) electrons. The zero-order chi connectivity index (χ0) is 21.8. The zero-order valence-corrected chi connectivity index (χ0v) is 17.7. The Balaban J connectivity index is 1.30. The minimum Gasteiger partial charge on any atom is -0.465 e. The third-order valence-corrected chi connectivity index (χ3v) is 6.33. The van der Waals surface area contributed by atoms with Crippen LogP contribution in [0.4, 0.5) is 4.79 Å². The number of rotatable bonds is 7. The maximum atomic E-state index is 12.0. The molecule has 2 amide bonds. The summed E-state index contributed by atoms with van der Waals surface area (Å²) in [7, 11) is 1.41. The van der Waals surface area contributed by atoms with Gasteiger partial charge in [0.1, 0.15) is 0 Å². The Morgan fingerprint density at radius 1 is 1.10 bits per heavy atom. The first-order valence-corrected chi connectivity index (χ1v) is 10.8. The average Bonchev–Trinajstić information content (AvgIpc) is 3.56. The molecule has 31 heavy (non-hydrogen) atoms. The quantitative estimate of drug-likeness (QED) is 0.667. The van der Waals surface area contributed by atoms with Crippen molar-refractivity contribution in [3.8, 4) is 0 Å². The summed E-state index contributed by atoms with van der Waals surface area (Å²) in [6.45, 7) is 2.52. The van der Waals surface area contributed by atoms with E-state index >= 15 is 0 Å². The number of hydroxylamine groups is 1. The SMILES string of the molecule is CONC(=O)c1ccc(CN2CCC(N(C(=O)O)[C@@H]3C[C@H]3c3ccccc3)CC2)cc1. The van der Waals surface area contributed by atoms with Gasteiger partial charge in [-0.25, -0.2) is 10.3 Å². The molecule has 2 N–H and O–H groups in total. The van der Waals surface area contributed by atoms with Gasteiger partial charge in [0.15, 0.2) is 0 Å². The smallest absolute Gasteiger partial charge is 0.407 e. The molecule has 2 aliphatic rings. The molecule has 164 valence electrons. The van der Waals surface area contributed by atoms with Gasteiger partial charge in [0.05, 0.1) is 7.11 Å². The van der Waals surface area contributed by atoms with E-state index in [-0.39, 0.29) is 18.0 Å². The lowest BCUT2D eigenvalue weighted by molar-refractivity contribution is 0.0537.